The topological polar surface area (TPSA) is 54.3 Å². The second-order valence-corrected chi connectivity index (χ2v) is 6.60. The largest absolute Gasteiger partial charge is 0.508 e. The van der Waals surface area contributed by atoms with Crippen LogP contribution in [0.25, 0.3) is 10.9 Å². The molecule has 0 bridgehead atoms. The number of carbonyl (C=O) groups is 1. The number of amides is 1. The van der Waals surface area contributed by atoms with Gasteiger partial charge in [-0.15, -0.1) is 0 Å². The maximum Gasteiger partial charge on any atom is 0.268 e. The van der Waals surface area contributed by atoms with Gasteiger partial charge in [-0.25, -0.2) is 0 Å². The van der Waals surface area contributed by atoms with Crippen LogP contribution >= 0.6 is 0 Å². The van der Waals surface area contributed by atoms with Crippen LogP contribution in [-0.4, -0.2) is 22.1 Å². The van der Waals surface area contributed by atoms with E-state index < -0.39 is 0 Å². The number of nitrogens with one attached hydrogen (secondary N) is 1. The third kappa shape index (κ3) is 3.45. The molecule has 1 amide bonds. The number of aromatic hydroxyl groups is 1. The molecule has 3 rings (SSSR count). The second-order valence-electron chi connectivity index (χ2n) is 6.60. The first-order chi connectivity index (χ1) is 12.5. The summed E-state index contributed by atoms with van der Waals surface area (Å²) in [7, 11) is 0. The third-order valence-corrected chi connectivity index (χ3v) is 4.96. The number of benzene rings is 2. The molecule has 0 aliphatic rings. The van der Waals surface area contributed by atoms with Gasteiger partial charge < -0.3 is 15.0 Å². The summed E-state index contributed by atoms with van der Waals surface area (Å²) in [6.07, 6.45) is 1.72. The van der Waals surface area contributed by atoms with Crippen LogP contribution in [0.15, 0.2) is 42.5 Å². The molecule has 0 atom stereocenters. The van der Waals surface area contributed by atoms with Gasteiger partial charge in [-0.05, 0) is 67.6 Å². The van der Waals surface area contributed by atoms with Gasteiger partial charge in [-0.1, -0.05) is 25.1 Å². The number of phenols is 1. The molecule has 0 saturated carbocycles. The normalized spacial score (nSPS) is 11.0. The summed E-state index contributed by atoms with van der Waals surface area (Å²) >= 11 is 0. The monoisotopic (exact) mass is 350 g/mol. The minimum absolute atomic E-state index is 0.0302. The molecular formula is C22H26N2O2. The van der Waals surface area contributed by atoms with E-state index in [1.54, 1.807) is 12.1 Å². The van der Waals surface area contributed by atoms with Crippen LogP contribution < -0.4 is 5.32 Å². The molecular weight excluding hydrogens is 324 g/mol. The average Bonchev–Trinajstić information content (AvgIpc) is 2.94. The standard InChI is InChI=1S/C22H26N2O2/c1-4-16-8-11-20-19(14-16)15(3)21(24(20)5-2)22(26)23-13-12-17-6-9-18(25)10-7-17/h6-11,14,25H,4-5,12-13H2,1-3H3,(H,23,26). The molecule has 4 heteroatoms. The zero-order valence-electron chi connectivity index (χ0n) is 15.7. The molecule has 1 aromatic heterocycles. The molecule has 0 unspecified atom stereocenters. The van der Waals surface area contributed by atoms with Crippen LogP contribution in [0.4, 0.5) is 0 Å². The lowest BCUT2D eigenvalue weighted by atomic mass is 10.1. The minimum atomic E-state index is -0.0302. The number of rotatable bonds is 6. The first-order valence-electron chi connectivity index (χ1n) is 9.23. The van der Waals surface area contributed by atoms with Gasteiger partial charge in [0.05, 0.1) is 0 Å². The fourth-order valence-electron chi connectivity index (χ4n) is 3.48. The van der Waals surface area contributed by atoms with Crippen molar-refractivity contribution in [1.29, 1.82) is 0 Å². The first kappa shape index (κ1) is 18.1. The van der Waals surface area contributed by atoms with E-state index in [1.807, 2.05) is 19.1 Å². The predicted octanol–water partition coefficient (Wildman–Crippen LogP) is 4.21. The van der Waals surface area contributed by atoms with Crippen LogP contribution in [0.5, 0.6) is 5.75 Å². The van der Waals surface area contributed by atoms with E-state index in [4.69, 9.17) is 0 Å². The summed E-state index contributed by atoms with van der Waals surface area (Å²) in [5, 5.41) is 13.5. The Balaban J connectivity index is 1.80. The molecule has 0 aliphatic carbocycles. The number of aryl methyl sites for hydroxylation is 3. The van der Waals surface area contributed by atoms with Crippen molar-refractivity contribution in [3.05, 3.63) is 64.8 Å². The van der Waals surface area contributed by atoms with E-state index in [0.717, 1.165) is 47.1 Å². The lowest BCUT2D eigenvalue weighted by Crippen LogP contribution is -2.28. The maximum absolute atomic E-state index is 12.8. The number of nitrogens with zero attached hydrogens (tertiary/aromatic N) is 1. The molecule has 0 saturated heterocycles. The second kappa shape index (κ2) is 7.65. The van der Waals surface area contributed by atoms with E-state index in [1.165, 1.54) is 5.56 Å². The molecule has 0 radical (unpaired) electrons. The van der Waals surface area contributed by atoms with E-state index in [2.05, 4.69) is 41.9 Å². The first-order valence-corrected chi connectivity index (χ1v) is 9.23. The summed E-state index contributed by atoms with van der Waals surface area (Å²) in [6, 6.07) is 13.6. The Morgan fingerprint density at radius 2 is 1.77 bits per heavy atom. The minimum Gasteiger partial charge on any atom is -0.508 e. The number of fused-ring (bicyclic) bond motifs is 1. The fourth-order valence-corrected chi connectivity index (χ4v) is 3.48. The quantitative estimate of drug-likeness (QED) is 0.700. The smallest absolute Gasteiger partial charge is 0.268 e. The van der Waals surface area contributed by atoms with Crippen LogP contribution in [0.1, 0.15) is 41.0 Å². The lowest BCUT2D eigenvalue weighted by molar-refractivity contribution is 0.0945. The van der Waals surface area contributed by atoms with Crippen LogP contribution in [0.2, 0.25) is 0 Å². The zero-order valence-corrected chi connectivity index (χ0v) is 15.7. The summed E-state index contributed by atoms with van der Waals surface area (Å²) in [5.74, 6) is 0.227. The molecule has 3 aromatic rings. The Morgan fingerprint density at radius 3 is 2.42 bits per heavy atom. The Morgan fingerprint density at radius 1 is 1.08 bits per heavy atom. The van der Waals surface area contributed by atoms with Gasteiger partial charge in [0, 0.05) is 24.0 Å². The van der Waals surface area contributed by atoms with Gasteiger partial charge in [-0.2, -0.15) is 0 Å². The predicted molar refractivity (Wildman–Crippen MR) is 106 cm³/mol. The molecule has 2 N–H and O–H groups in total. The van der Waals surface area contributed by atoms with Crippen molar-refractivity contribution in [3.8, 4) is 5.75 Å². The number of hydrogen-bond acceptors (Lipinski definition) is 2. The van der Waals surface area contributed by atoms with Crippen molar-refractivity contribution >= 4 is 16.8 Å². The lowest BCUT2D eigenvalue weighted by Gasteiger charge is -2.10. The average molecular weight is 350 g/mol. The van der Waals surface area contributed by atoms with Crippen molar-refractivity contribution in [2.45, 2.75) is 40.2 Å². The number of phenolic OH excluding ortho intramolecular Hbond substituents is 1. The van der Waals surface area contributed by atoms with E-state index >= 15 is 0 Å². The molecule has 4 nitrogen and oxygen atoms in total. The van der Waals surface area contributed by atoms with Crippen molar-refractivity contribution < 1.29 is 9.90 Å². The molecule has 0 spiro atoms. The number of hydrogen-bond donors (Lipinski definition) is 2. The highest BCUT2D eigenvalue weighted by Crippen LogP contribution is 2.27. The number of aromatic nitrogens is 1. The summed E-state index contributed by atoms with van der Waals surface area (Å²) in [6.45, 7) is 7.57. The van der Waals surface area contributed by atoms with Gasteiger partial charge in [0.2, 0.25) is 0 Å². The Hall–Kier alpha value is -2.75. The molecule has 2 aromatic carbocycles. The van der Waals surface area contributed by atoms with Gasteiger partial charge in [0.25, 0.3) is 5.91 Å². The van der Waals surface area contributed by atoms with E-state index in [9.17, 15) is 9.90 Å². The summed E-state index contributed by atoms with van der Waals surface area (Å²) < 4.78 is 2.10. The molecule has 26 heavy (non-hydrogen) atoms. The summed E-state index contributed by atoms with van der Waals surface area (Å²) in [5.41, 5.74) is 5.28. The highest BCUT2D eigenvalue weighted by atomic mass is 16.3. The highest BCUT2D eigenvalue weighted by Gasteiger charge is 2.19. The molecule has 0 fully saturated rings. The van der Waals surface area contributed by atoms with Crippen molar-refractivity contribution in [3.63, 3.8) is 0 Å². The van der Waals surface area contributed by atoms with Crippen molar-refractivity contribution in [2.24, 2.45) is 0 Å². The summed E-state index contributed by atoms with van der Waals surface area (Å²) in [4.78, 5) is 12.8. The molecule has 136 valence electrons. The van der Waals surface area contributed by atoms with Gasteiger partial charge in [-0.3, -0.25) is 4.79 Å². The Labute approximate surface area is 154 Å². The maximum atomic E-state index is 12.8. The van der Waals surface area contributed by atoms with E-state index in [0.29, 0.717) is 6.54 Å². The van der Waals surface area contributed by atoms with Crippen molar-refractivity contribution in [1.82, 2.24) is 9.88 Å². The third-order valence-electron chi connectivity index (χ3n) is 4.96. The highest BCUT2D eigenvalue weighted by molar-refractivity contribution is 6.01. The van der Waals surface area contributed by atoms with Gasteiger partial charge in [0.15, 0.2) is 0 Å². The van der Waals surface area contributed by atoms with Crippen LogP contribution in [-0.2, 0) is 19.4 Å². The van der Waals surface area contributed by atoms with E-state index in [-0.39, 0.29) is 11.7 Å². The molecule has 1 heterocycles. The van der Waals surface area contributed by atoms with Gasteiger partial charge in [0.1, 0.15) is 11.4 Å². The Bertz CT molecular complexity index is 923. The zero-order chi connectivity index (χ0) is 18.7. The van der Waals surface area contributed by atoms with Crippen LogP contribution in [0.3, 0.4) is 0 Å². The van der Waals surface area contributed by atoms with Gasteiger partial charge >= 0.3 is 0 Å². The molecule has 0 aliphatic heterocycles. The fraction of sp³-hybridized carbons (Fsp3) is 0.318. The Kier molecular flexibility index (Phi) is 5.31. The van der Waals surface area contributed by atoms with Crippen molar-refractivity contribution in [2.75, 3.05) is 6.54 Å². The SMILES string of the molecule is CCc1ccc2c(c1)c(C)c(C(=O)NCCc1ccc(O)cc1)n2CC. The van der Waals surface area contributed by atoms with Crippen LogP contribution in [0, 0.1) is 6.92 Å². The number of carbonyl (C=O) groups excluding carboxylic acids is 1.